The van der Waals surface area contributed by atoms with E-state index >= 15 is 0 Å². The smallest absolute Gasteiger partial charge is 0.177 e. The van der Waals surface area contributed by atoms with Crippen molar-refractivity contribution in [2.45, 2.75) is 38.5 Å². The van der Waals surface area contributed by atoms with Crippen molar-refractivity contribution < 1.29 is 0 Å². The Hall–Kier alpha value is -1.38. The van der Waals surface area contributed by atoms with Gasteiger partial charge in [-0.1, -0.05) is 6.42 Å². The van der Waals surface area contributed by atoms with Crippen molar-refractivity contribution in [3.63, 3.8) is 0 Å². The van der Waals surface area contributed by atoms with Crippen LogP contribution in [0.15, 0.2) is 12.1 Å². The van der Waals surface area contributed by atoms with Crippen molar-refractivity contribution in [2.75, 3.05) is 0 Å². The van der Waals surface area contributed by atoms with E-state index < -0.39 is 0 Å². The Morgan fingerprint density at radius 2 is 2.12 bits per heavy atom. The fraction of sp³-hybridized carbons (Fsp3) is 0.571. The number of nitrogens with one attached hydrogen (secondary N) is 1. The van der Waals surface area contributed by atoms with Gasteiger partial charge in [-0.2, -0.15) is 0 Å². The van der Waals surface area contributed by atoms with E-state index in [4.69, 9.17) is 4.98 Å². The minimum atomic E-state index is 0.670. The molecule has 0 radical (unpaired) electrons. The van der Waals surface area contributed by atoms with Crippen molar-refractivity contribution in [3.8, 4) is 0 Å². The number of aromatic amines is 1. The number of pyridine rings is 1. The van der Waals surface area contributed by atoms with E-state index in [2.05, 4.69) is 16.0 Å². The number of aryl methyl sites for hydroxylation is 1. The average molecular weight is 227 g/mol. The van der Waals surface area contributed by atoms with Crippen LogP contribution in [-0.2, 0) is 0 Å². The summed E-state index contributed by atoms with van der Waals surface area (Å²) in [5, 5.41) is 0. The van der Waals surface area contributed by atoms with Gasteiger partial charge in [-0.15, -0.1) is 0 Å². The first-order valence-electron chi connectivity index (χ1n) is 6.63. The van der Waals surface area contributed by atoms with E-state index in [0.29, 0.717) is 5.92 Å². The van der Waals surface area contributed by atoms with Crippen LogP contribution in [0.4, 0.5) is 0 Å². The molecule has 0 aromatic carbocycles. The number of H-pyrrole nitrogens is 1. The molecule has 2 aliphatic carbocycles. The van der Waals surface area contributed by atoms with Crippen LogP contribution in [-0.4, -0.2) is 15.0 Å². The Bertz CT molecular complexity index is 572. The second kappa shape index (κ2) is 3.31. The van der Waals surface area contributed by atoms with Crippen LogP contribution in [0.5, 0.6) is 0 Å². The van der Waals surface area contributed by atoms with Gasteiger partial charge in [-0.05, 0) is 50.2 Å². The molecular formula is C14H17N3. The Kier molecular flexibility index (Phi) is 1.88. The molecule has 0 aliphatic heterocycles. The average Bonchev–Trinajstić information content (AvgIpc) is 3.01. The molecule has 2 bridgehead atoms. The highest BCUT2D eigenvalue weighted by Gasteiger charge is 2.41. The maximum atomic E-state index is 4.71. The Balaban J connectivity index is 1.76. The summed E-state index contributed by atoms with van der Waals surface area (Å²) in [7, 11) is 0. The topological polar surface area (TPSA) is 41.6 Å². The van der Waals surface area contributed by atoms with Crippen LogP contribution in [0.1, 0.15) is 43.1 Å². The third kappa shape index (κ3) is 1.41. The number of nitrogens with zero attached hydrogens (tertiary/aromatic N) is 2. The highest BCUT2D eigenvalue weighted by atomic mass is 15.0. The minimum absolute atomic E-state index is 0.670. The molecule has 2 heterocycles. The monoisotopic (exact) mass is 227 g/mol. The van der Waals surface area contributed by atoms with Gasteiger partial charge in [0, 0.05) is 11.6 Å². The second-order valence-electron chi connectivity index (χ2n) is 5.73. The van der Waals surface area contributed by atoms with Crippen molar-refractivity contribution in [1.82, 2.24) is 15.0 Å². The fourth-order valence-electron chi connectivity index (χ4n) is 3.76. The number of rotatable bonds is 1. The van der Waals surface area contributed by atoms with Crippen LogP contribution < -0.4 is 0 Å². The van der Waals surface area contributed by atoms with Gasteiger partial charge >= 0.3 is 0 Å². The van der Waals surface area contributed by atoms with E-state index in [-0.39, 0.29) is 0 Å². The Labute approximate surface area is 101 Å². The zero-order valence-corrected chi connectivity index (χ0v) is 10.1. The van der Waals surface area contributed by atoms with Gasteiger partial charge in [-0.25, -0.2) is 9.97 Å². The predicted molar refractivity (Wildman–Crippen MR) is 66.8 cm³/mol. The molecule has 2 aromatic heterocycles. The highest BCUT2D eigenvalue weighted by Crippen LogP contribution is 2.52. The summed E-state index contributed by atoms with van der Waals surface area (Å²) < 4.78 is 0. The van der Waals surface area contributed by atoms with E-state index in [1.807, 2.05) is 13.0 Å². The summed E-state index contributed by atoms with van der Waals surface area (Å²) >= 11 is 0. The molecule has 2 aliphatic rings. The van der Waals surface area contributed by atoms with Gasteiger partial charge in [0.1, 0.15) is 5.82 Å². The molecule has 3 atom stereocenters. The molecule has 1 N–H and O–H groups in total. The van der Waals surface area contributed by atoms with Crippen molar-refractivity contribution in [3.05, 3.63) is 23.7 Å². The molecule has 3 heteroatoms. The quantitative estimate of drug-likeness (QED) is 0.813. The number of imidazole rings is 1. The molecule has 17 heavy (non-hydrogen) atoms. The summed E-state index contributed by atoms with van der Waals surface area (Å²) in [6.45, 7) is 2.02. The first kappa shape index (κ1) is 9.63. The van der Waals surface area contributed by atoms with E-state index in [0.717, 1.165) is 28.7 Å². The van der Waals surface area contributed by atoms with E-state index in [1.165, 1.54) is 31.5 Å². The molecule has 2 fully saturated rings. The number of hydrogen-bond donors (Lipinski definition) is 1. The molecule has 2 saturated carbocycles. The maximum absolute atomic E-state index is 4.71. The summed E-state index contributed by atoms with van der Waals surface area (Å²) in [4.78, 5) is 12.7. The molecular weight excluding hydrogens is 210 g/mol. The molecule has 0 spiro atoms. The Morgan fingerprint density at radius 3 is 2.88 bits per heavy atom. The van der Waals surface area contributed by atoms with Gasteiger partial charge in [0.05, 0.1) is 5.52 Å². The maximum Gasteiger partial charge on any atom is 0.177 e. The normalized spacial score (nSPS) is 31.5. The summed E-state index contributed by atoms with van der Waals surface area (Å²) in [6.07, 6.45) is 5.61. The third-order valence-electron chi connectivity index (χ3n) is 4.59. The zero-order valence-electron chi connectivity index (χ0n) is 10.1. The van der Waals surface area contributed by atoms with Crippen LogP contribution in [0, 0.1) is 18.8 Å². The molecule has 4 rings (SSSR count). The van der Waals surface area contributed by atoms with Crippen molar-refractivity contribution in [1.29, 1.82) is 0 Å². The molecule has 0 amide bonds. The van der Waals surface area contributed by atoms with Gasteiger partial charge < -0.3 is 4.98 Å². The van der Waals surface area contributed by atoms with E-state index in [9.17, 15) is 0 Å². The Morgan fingerprint density at radius 1 is 1.18 bits per heavy atom. The summed E-state index contributed by atoms with van der Waals surface area (Å²) in [5.41, 5.74) is 3.03. The predicted octanol–water partition coefficient (Wildman–Crippen LogP) is 3.17. The van der Waals surface area contributed by atoms with Crippen molar-refractivity contribution >= 4 is 11.2 Å². The molecule has 0 saturated heterocycles. The number of hydrogen-bond acceptors (Lipinski definition) is 2. The molecule has 2 aromatic rings. The SMILES string of the molecule is Cc1ccc2[nH]c(C3CC4CCC3C4)nc2n1. The fourth-order valence-corrected chi connectivity index (χ4v) is 3.76. The van der Waals surface area contributed by atoms with Gasteiger partial charge in [0.15, 0.2) is 5.65 Å². The van der Waals surface area contributed by atoms with Crippen LogP contribution >= 0.6 is 0 Å². The van der Waals surface area contributed by atoms with Crippen molar-refractivity contribution in [2.24, 2.45) is 11.8 Å². The highest BCUT2D eigenvalue weighted by molar-refractivity contribution is 5.70. The first-order valence-corrected chi connectivity index (χ1v) is 6.63. The molecule has 3 nitrogen and oxygen atoms in total. The third-order valence-corrected chi connectivity index (χ3v) is 4.59. The lowest BCUT2D eigenvalue weighted by Gasteiger charge is -2.18. The minimum Gasteiger partial charge on any atom is -0.340 e. The largest absolute Gasteiger partial charge is 0.340 e. The van der Waals surface area contributed by atoms with Crippen LogP contribution in [0.25, 0.3) is 11.2 Å². The molecule has 88 valence electrons. The summed E-state index contributed by atoms with van der Waals surface area (Å²) in [5.74, 6) is 3.70. The number of aromatic nitrogens is 3. The zero-order chi connectivity index (χ0) is 11.4. The second-order valence-corrected chi connectivity index (χ2v) is 5.73. The number of fused-ring (bicyclic) bond motifs is 3. The van der Waals surface area contributed by atoms with Crippen LogP contribution in [0.2, 0.25) is 0 Å². The van der Waals surface area contributed by atoms with Gasteiger partial charge in [0.2, 0.25) is 0 Å². The van der Waals surface area contributed by atoms with Gasteiger partial charge in [-0.3, -0.25) is 0 Å². The van der Waals surface area contributed by atoms with Gasteiger partial charge in [0.25, 0.3) is 0 Å². The standard InChI is InChI=1S/C14H17N3/c1-8-2-5-12-14(15-8)17-13(16-12)11-7-9-3-4-10(11)6-9/h2,5,9-11H,3-4,6-7H2,1H3,(H,15,16,17). The first-order chi connectivity index (χ1) is 8.29. The lowest BCUT2D eigenvalue weighted by molar-refractivity contribution is 0.408. The lowest BCUT2D eigenvalue weighted by Crippen LogP contribution is -2.09. The summed E-state index contributed by atoms with van der Waals surface area (Å²) in [6, 6.07) is 4.15. The van der Waals surface area contributed by atoms with Crippen LogP contribution in [0.3, 0.4) is 0 Å². The molecule has 3 unspecified atom stereocenters. The van der Waals surface area contributed by atoms with E-state index in [1.54, 1.807) is 0 Å². The lowest BCUT2D eigenvalue weighted by atomic mass is 9.88.